The molecule has 1 aliphatic heterocycles. The lowest BCUT2D eigenvalue weighted by Gasteiger charge is -2.28. The molecule has 106 valence electrons. The van der Waals surface area contributed by atoms with E-state index >= 15 is 0 Å². The van der Waals surface area contributed by atoms with Crippen LogP contribution in [0.3, 0.4) is 0 Å². The average Bonchev–Trinajstić information content (AvgIpc) is 2.72. The Hall–Kier alpha value is -1.51. The summed E-state index contributed by atoms with van der Waals surface area (Å²) < 4.78 is 1.45. The van der Waals surface area contributed by atoms with Gasteiger partial charge < -0.3 is 20.5 Å². The second kappa shape index (κ2) is 6.09. The second-order valence-corrected chi connectivity index (χ2v) is 4.74. The van der Waals surface area contributed by atoms with Gasteiger partial charge in [0.05, 0.1) is 0 Å². The quantitative estimate of drug-likeness (QED) is 0.545. The van der Waals surface area contributed by atoms with E-state index in [-0.39, 0.29) is 12.4 Å². The van der Waals surface area contributed by atoms with Crippen molar-refractivity contribution in [1.82, 2.24) is 19.8 Å². The fourth-order valence-electron chi connectivity index (χ4n) is 2.29. The highest BCUT2D eigenvalue weighted by molar-refractivity contribution is 5.18. The van der Waals surface area contributed by atoms with Crippen molar-refractivity contribution in [2.24, 2.45) is 0 Å². The topological polar surface area (TPSA) is 96.5 Å². The van der Waals surface area contributed by atoms with Gasteiger partial charge in [-0.15, -0.1) is 0 Å². The minimum Gasteiger partial charge on any atom is -0.388 e. The van der Waals surface area contributed by atoms with Crippen LogP contribution in [0.4, 0.5) is 5.82 Å². The van der Waals surface area contributed by atoms with Crippen LogP contribution in [0.1, 0.15) is 5.82 Å². The van der Waals surface area contributed by atoms with E-state index in [9.17, 15) is 15.2 Å². The first-order chi connectivity index (χ1) is 9.08. The largest absolute Gasteiger partial charge is 0.388 e. The Labute approximate surface area is 111 Å². The lowest BCUT2D eigenvalue weighted by atomic mass is 10.2. The molecule has 0 aliphatic carbocycles. The molecule has 0 aromatic carbocycles. The van der Waals surface area contributed by atoms with E-state index in [0.29, 0.717) is 12.4 Å². The minimum atomic E-state index is -0.635. The number of hydrogen-bond donors (Lipinski definition) is 2. The maximum atomic E-state index is 10.9. The van der Waals surface area contributed by atoms with Crippen LogP contribution in [0, 0.1) is 17.0 Å². The number of nitrogens with zero attached hydrogens (tertiary/aromatic N) is 4. The van der Waals surface area contributed by atoms with E-state index in [4.69, 9.17) is 0 Å². The summed E-state index contributed by atoms with van der Waals surface area (Å²) in [4.78, 5) is 16.5. The fraction of sp³-hybridized carbons (Fsp3) is 0.727. The monoisotopic (exact) mass is 269 g/mol. The highest BCUT2D eigenvalue weighted by atomic mass is 16.6. The van der Waals surface area contributed by atoms with Gasteiger partial charge in [-0.2, -0.15) is 0 Å². The molecule has 1 unspecified atom stereocenters. The van der Waals surface area contributed by atoms with Crippen LogP contribution in [0.25, 0.3) is 0 Å². The summed E-state index contributed by atoms with van der Waals surface area (Å²) in [5, 5.41) is 24.2. The van der Waals surface area contributed by atoms with Crippen molar-refractivity contribution in [3.8, 4) is 0 Å². The number of hydrogen-bond acceptors (Lipinski definition) is 6. The van der Waals surface area contributed by atoms with Gasteiger partial charge in [0, 0.05) is 39.6 Å². The molecule has 1 atom stereocenters. The Kier molecular flexibility index (Phi) is 4.46. The number of rotatable bonds is 5. The van der Waals surface area contributed by atoms with Crippen molar-refractivity contribution in [3.63, 3.8) is 0 Å². The fourth-order valence-corrected chi connectivity index (χ4v) is 2.29. The summed E-state index contributed by atoms with van der Waals surface area (Å²) in [6.45, 7) is 6.03. The van der Waals surface area contributed by atoms with E-state index in [1.807, 2.05) is 0 Å². The number of aromatic nitrogens is 2. The van der Waals surface area contributed by atoms with Crippen LogP contribution in [0.2, 0.25) is 0 Å². The summed E-state index contributed by atoms with van der Waals surface area (Å²) in [6, 6.07) is 0. The van der Waals surface area contributed by atoms with Crippen LogP contribution >= 0.6 is 0 Å². The molecular formula is C11H19N5O3. The molecule has 2 heterocycles. The molecule has 2 N–H and O–H groups in total. The third-order valence-electron chi connectivity index (χ3n) is 3.29. The standard InChI is InChI=1S/C11H19N5O3/c1-9-13-6-11(16(18)19)15(9)8-10(17)7-14-4-2-12-3-5-14/h6,10,12,17H,2-5,7-8H2,1H3. The molecule has 1 fully saturated rings. The molecule has 1 aromatic heterocycles. The van der Waals surface area contributed by atoms with Crippen molar-refractivity contribution in [3.05, 3.63) is 22.1 Å². The van der Waals surface area contributed by atoms with Crippen LogP contribution in [-0.2, 0) is 6.54 Å². The molecule has 1 aliphatic rings. The lowest BCUT2D eigenvalue weighted by molar-refractivity contribution is -0.392. The number of nitro groups is 1. The van der Waals surface area contributed by atoms with Gasteiger partial charge in [-0.3, -0.25) is 4.90 Å². The Morgan fingerprint density at radius 2 is 2.21 bits per heavy atom. The molecule has 2 rings (SSSR count). The maximum Gasteiger partial charge on any atom is 0.342 e. The molecule has 19 heavy (non-hydrogen) atoms. The Morgan fingerprint density at radius 1 is 1.53 bits per heavy atom. The number of imidazole rings is 1. The molecule has 0 bridgehead atoms. The molecular weight excluding hydrogens is 250 g/mol. The third kappa shape index (κ3) is 3.49. The van der Waals surface area contributed by atoms with E-state index in [2.05, 4.69) is 15.2 Å². The minimum absolute atomic E-state index is 0.0724. The summed E-state index contributed by atoms with van der Waals surface area (Å²) in [7, 11) is 0. The van der Waals surface area contributed by atoms with Gasteiger partial charge >= 0.3 is 5.82 Å². The first-order valence-electron chi connectivity index (χ1n) is 6.35. The van der Waals surface area contributed by atoms with Crippen molar-refractivity contribution >= 4 is 5.82 Å². The predicted molar refractivity (Wildman–Crippen MR) is 68.9 cm³/mol. The molecule has 8 nitrogen and oxygen atoms in total. The Bertz CT molecular complexity index is 442. The first-order valence-corrected chi connectivity index (χ1v) is 6.35. The summed E-state index contributed by atoms with van der Waals surface area (Å²) in [5.41, 5.74) is 0. The van der Waals surface area contributed by atoms with Crippen LogP contribution in [0.15, 0.2) is 6.20 Å². The molecule has 0 amide bonds. The number of piperazine rings is 1. The molecule has 0 radical (unpaired) electrons. The van der Waals surface area contributed by atoms with Gasteiger partial charge in [0.1, 0.15) is 18.8 Å². The lowest BCUT2D eigenvalue weighted by Crippen LogP contribution is -2.46. The Balaban J connectivity index is 1.96. The van der Waals surface area contributed by atoms with Crippen molar-refractivity contribution < 1.29 is 10.0 Å². The van der Waals surface area contributed by atoms with E-state index in [0.717, 1.165) is 26.2 Å². The van der Waals surface area contributed by atoms with E-state index < -0.39 is 11.0 Å². The summed E-state index contributed by atoms with van der Waals surface area (Å²) in [6.07, 6.45) is 0.594. The second-order valence-electron chi connectivity index (χ2n) is 4.74. The predicted octanol–water partition coefficient (Wildman–Crippen LogP) is -0.634. The van der Waals surface area contributed by atoms with Crippen LogP contribution in [-0.4, -0.2) is 63.3 Å². The van der Waals surface area contributed by atoms with Crippen LogP contribution in [0.5, 0.6) is 0 Å². The zero-order valence-corrected chi connectivity index (χ0v) is 10.9. The molecule has 0 saturated carbocycles. The molecule has 1 saturated heterocycles. The van der Waals surface area contributed by atoms with E-state index in [1.54, 1.807) is 6.92 Å². The summed E-state index contributed by atoms with van der Waals surface area (Å²) >= 11 is 0. The smallest absolute Gasteiger partial charge is 0.342 e. The van der Waals surface area contributed by atoms with E-state index in [1.165, 1.54) is 10.8 Å². The van der Waals surface area contributed by atoms with Gasteiger partial charge in [-0.1, -0.05) is 0 Å². The molecule has 8 heteroatoms. The first kappa shape index (κ1) is 13.9. The van der Waals surface area contributed by atoms with Crippen molar-refractivity contribution in [2.75, 3.05) is 32.7 Å². The zero-order valence-electron chi connectivity index (χ0n) is 10.9. The van der Waals surface area contributed by atoms with Gasteiger partial charge in [-0.25, -0.2) is 9.55 Å². The Morgan fingerprint density at radius 3 is 2.84 bits per heavy atom. The van der Waals surface area contributed by atoms with Gasteiger partial charge in [-0.05, 0) is 4.92 Å². The number of aryl methyl sites for hydroxylation is 1. The van der Waals surface area contributed by atoms with Crippen molar-refractivity contribution in [2.45, 2.75) is 19.6 Å². The normalized spacial score (nSPS) is 18.4. The number of β-amino-alcohol motifs (C(OH)–C–C–N with tert-alkyl or cyclic N) is 1. The summed E-state index contributed by atoms with van der Waals surface area (Å²) in [5.74, 6) is 0.475. The van der Waals surface area contributed by atoms with Crippen molar-refractivity contribution in [1.29, 1.82) is 0 Å². The number of aliphatic hydroxyl groups excluding tert-OH is 1. The molecule has 1 aromatic rings. The number of nitrogens with one attached hydrogen (secondary N) is 1. The average molecular weight is 269 g/mol. The van der Waals surface area contributed by atoms with Crippen LogP contribution < -0.4 is 5.32 Å². The maximum absolute atomic E-state index is 10.9. The van der Waals surface area contributed by atoms with Gasteiger partial charge in [0.2, 0.25) is 0 Å². The number of aliphatic hydroxyl groups is 1. The van der Waals surface area contributed by atoms with Gasteiger partial charge in [0.15, 0.2) is 5.82 Å². The SMILES string of the molecule is Cc1ncc([N+](=O)[O-])n1CC(O)CN1CCNCC1. The third-order valence-corrected chi connectivity index (χ3v) is 3.29. The highest BCUT2D eigenvalue weighted by Gasteiger charge is 2.22. The van der Waals surface area contributed by atoms with Gasteiger partial charge in [0.25, 0.3) is 0 Å². The highest BCUT2D eigenvalue weighted by Crippen LogP contribution is 2.14. The molecule has 0 spiro atoms. The zero-order chi connectivity index (χ0) is 13.8.